The van der Waals surface area contributed by atoms with Gasteiger partial charge in [-0.25, -0.2) is 5.43 Å². The number of ether oxygens (including phenoxy) is 2. The van der Waals surface area contributed by atoms with Crippen LogP contribution >= 0.6 is 0 Å². The molecule has 2 heterocycles. The van der Waals surface area contributed by atoms with E-state index in [2.05, 4.69) is 37.4 Å². The first-order valence-electron chi connectivity index (χ1n) is 9.03. The van der Waals surface area contributed by atoms with Gasteiger partial charge in [-0.05, 0) is 45.1 Å². The molecule has 4 rings (SSSR count). The smallest absolute Gasteiger partial charge is 0.262 e. The lowest BCUT2D eigenvalue weighted by Gasteiger charge is -2.41. The Morgan fingerprint density at radius 3 is 2.80 bits per heavy atom. The fraction of sp³-hybridized carbons (Fsp3) is 0.579. The number of hydrogen-bond acceptors (Lipinski definition) is 5. The van der Waals surface area contributed by atoms with E-state index in [4.69, 9.17) is 9.47 Å². The van der Waals surface area contributed by atoms with E-state index in [0.717, 1.165) is 41.4 Å². The molecule has 1 fully saturated rings. The highest BCUT2D eigenvalue weighted by Crippen LogP contribution is 2.45. The highest BCUT2D eigenvalue weighted by Gasteiger charge is 2.38. The molecular formula is C19H25N3O3. The van der Waals surface area contributed by atoms with Crippen molar-refractivity contribution in [1.29, 1.82) is 0 Å². The summed E-state index contributed by atoms with van der Waals surface area (Å²) in [6.45, 7) is 8.71. The van der Waals surface area contributed by atoms with Crippen LogP contribution in [0.15, 0.2) is 17.2 Å². The second-order valence-corrected chi connectivity index (χ2v) is 7.76. The second-order valence-electron chi connectivity index (χ2n) is 7.76. The topological polar surface area (TPSA) is 63.2 Å². The summed E-state index contributed by atoms with van der Waals surface area (Å²) in [7, 11) is 0. The van der Waals surface area contributed by atoms with Gasteiger partial charge in [0.15, 0.2) is 5.84 Å². The van der Waals surface area contributed by atoms with Crippen LogP contribution < -0.4 is 19.8 Å². The van der Waals surface area contributed by atoms with Gasteiger partial charge in [-0.15, -0.1) is 0 Å². The van der Waals surface area contributed by atoms with Crippen molar-refractivity contribution in [3.63, 3.8) is 0 Å². The molecule has 1 N–H and O–H groups in total. The lowest BCUT2D eigenvalue weighted by molar-refractivity contribution is -0.122. The van der Waals surface area contributed by atoms with E-state index in [1.807, 2.05) is 17.9 Å². The van der Waals surface area contributed by atoms with Crippen LogP contribution in [-0.4, -0.2) is 30.0 Å². The molecule has 6 nitrogen and oxygen atoms in total. The Kier molecular flexibility index (Phi) is 3.67. The molecule has 0 aromatic heterocycles. The van der Waals surface area contributed by atoms with E-state index in [0.29, 0.717) is 12.5 Å². The van der Waals surface area contributed by atoms with Crippen LogP contribution in [0, 0.1) is 0 Å². The number of amidine groups is 1. The maximum absolute atomic E-state index is 12.1. The Bertz CT molecular complexity index is 753. The number of nitrogens with zero attached hydrogens (tertiary/aromatic N) is 2. The molecular weight excluding hydrogens is 318 g/mol. The third-order valence-electron chi connectivity index (χ3n) is 5.44. The number of fused-ring (bicyclic) bond motifs is 3. The molecule has 1 atom stereocenters. The Labute approximate surface area is 148 Å². The predicted molar refractivity (Wildman–Crippen MR) is 96.4 cm³/mol. The van der Waals surface area contributed by atoms with Gasteiger partial charge in [-0.2, -0.15) is 5.10 Å². The minimum absolute atomic E-state index is 0.0881. The summed E-state index contributed by atoms with van der Waals surface area (Å²) in [5, 5.41) is 4.15. The minimum atomic E-state index is -0.327. The first kappa shape index (κ1) is 16.2. The highest BCUT2D eigenvalue weighted by atomic mass is 16.5. The van der Waals surface area contributed by atoms with Gasteiger partial charge >= 0.3 is 0 Å². The summed E-state index contributed by atoms with van der Waals surface area (Å²) in [5.41, 5.74) is 4.47. The minimum Gasteiger partial charge on any atom is -0.487 e. The Hall–Kier alpha value is -2.24. The maximum atomic E-state index is 12.1. The normalized spacial score (nSPS) is 23.7. The average Bonchev–Trinajstić information content (AvgIpc) is 2.55. The fourth-order valence-electron chi connectivity index (χ4n) is 3.65. The first-order valence-corrected chi connectivity index (χ1v) is 9.03. The van der Waals surface area contributed by atoms with E-state index in [-0.39, 0.29) is 17.6 Å². The summed E-state index contributed by atoms with van der Waals surface area (Å²) in [4.78, 5) is 14.0. The molecule has 1 aromatic carbocycles. The zero-order chi connectivity index (χ0) is 17.8. The average molecular weight is 343 g/mol. The molecule has 1 aliphatic carbocycles. The number of rotatable bonds is 3. The fourth-order valence-corrected chi connectivity index (χ4v) is 3.65. The van der Waals surface area contributed by atoms with Crippen molar-refractivity contribution in [3.8, 4) is 11.5 Å². The third-order valence-corrected chi connectivity index (χ3v) is 5.44. The van der Waals surface area contributed by atoms with Gasteiger partial charge in [0.25, 0.3) is 5.91 Å². The molecule has 0 saturated heterocycles. The van der Waals surface area contributed by atoms with Crippen molar-refractivity contribution in [2.45, 2.75) is 64.5 Å². The molecule has 134 valence electrons. The van der Waals surface area contributed by atoms with Crippen molar-refractivity contribution >= 4 is 17.4 Å². The number of carbonyl (C=O) groups excluding carboxylic acids is 1. The zero-order valence-corrected chi connectivity index (χ0v) is 15.3. The molecule has 0 bridgehead atoms. The lowest BCUT2D eigenvalue weighted by Crippen LogP contribution is -2.55. The molecule has 1 saturated carbocycles. The monoisotopic (exact) mass is 343 g/mol. The molecule has 25 heavy (non-hydrogen) atoms. The number of amides is 1. The molecule has 1 aromatic rings. The standard InChI is InChI=1S/C19H25N3O3/c1-11(2)13-8-16-14(9-15(13)25-19(4)6-5-7-19)22-12(3)18(23)21-20-17(22)10-24-16/h8-9,11-12H,5-7,10H2,1-4H3,(H,21,23)/t12-/m0/s1. The van der Waals surface area contributed by atoms with Crippen LogP contribution in [0.5, 0.6) is 11.5 Å². The molecule has 0 radical (unpaired) electrons. The quantitative estimate of drug-likeness (QED) is 0.916. The Balaban J connectivity index is 1.79. The van der Waals surface area contributed by atoms with Gasteiger partial charge in [-0.3, -0.25) is 4.79 Å². The van der Waals surface area contributed by atoms with Crippen molar-refractivity contribution < 1.29 is 14.3 Å². The number of nitrogens with one attached hydrogen (secondary N) is 1. The van der Waals surface area contributed by atoms with Gasteiger partial charge in [0.1, 0.15) is 29.7 Å². The number of carbonyl (C=O) groups is 1. The summed E-state index contributed by atoms with van der Waals surface area (Å²) in [5.74, 6) is 2.61. The van der Waals surface area contributed by atoms with Crippen LogP contribution in [0.4, 0.5) is 5.69 Å². The molecule has 1 amide bonds. The molecule has 0 spiro atoms. The number of hydrazone groups is 1. The van der Waals surface area contributed by atoms with E-state index in [1.165, 1.54) is 6.42 Å². The van der Waals surface area contributed by atoms with Crippen molar-refractivity contribution in [2.75, 3.05) is 11.5 Å². The van der Waals surface area contributed by atoms with Crippen LogP contribution in [0.25, 0.3) is 0 Å². The van der Waals surface area contributed by atoms with Gasteiger partial charge in [-0.1, -0.05) is 13.8 Å². The molecule has 2 aliphatic heterocycles. The Morgan fingerprint density at radius 1 is 1.40 bits per heavy atom. The second kappa shape index (κ2) is 5.64. The Morgan fingerprint density at radius 2 is 2.16 bits per heavy atom. The maximum Gasteiger partial charge on any atom is 0.262 e. The predicted octanol–water partition coefficient (Wildman–Crippen LogP) is 3.16. The van der Waals surface area contributed by atoms with Crippen LogP contribution in [0.1, 0.15) is 58.4 Å². The van der Waals surface area contributed by atoms with Gasteiger partial charge in [0.05, 0.1) is 5.69 Å². The van der Waals surface area contributed by atoms with Gasteiger partial charge in [0.2, 0.25) is 0 Å². The van der Waals surface area contributed by atoms with Crippen molar-refractivity contribution in [2.24, 2.45) is 5.10 Å². The van der Waals surface area contributed by atoms with Crippen LogP contribution in [0.2, 0.25) is 0 Å². The highest BCUT2D eigenvalue weighted by molar-refractivity contribution is 6.09. The summed E-state index contributed by atoms with van der Waals surface area (Å²) >= 11 is 0. The summed E-state index contributed by atoms with van der Waals surface area (Å²) < 4.78 is 12.3. The van der Waals surface area contributed by atoms with E-state index >= 15 is 0 Å². The largest absolute Gasteiger partial charge is 0.487 e. The molecule has 3 aliphatic rings. The number of hydrogen-bond donors (Lipinski definition) is 1. The SMILES string of the molecule is CC(C)c1cc2c(cc1OC1(C)CCC1)N1C(=NNC(=O)[C@@H]1C)CO2. The molecule has 6 heteroatoms. The molecule has 0 unspecified atom stereocenters. The lowest BCUT2D eigenvalue weighted by atomic mass is 9.81. The zero-order valence-electron chi connectivity index (χ0n) is 15.3. The van der Waals surface area contributed by atoms with Crippen molar-refractivity contribution in [1.82, 2.24) is 5.43 Å². The summed E-state index contributed by atoms with van der Waals surface area (Å²) in [6.07, 6.45) is 3.36. The summed E-state index contributed by atoms with van der Waals surface area (Å²) in [6, 6.07) is 3.76. The van der Waals surface area contributed by atoms with E-state index < -0.39 is 0 Å². The van der Waals surface area contributed by atoms with E-state index in [9.17, 15) is 4.79 Å². The first-order chi connectivity index (χ1) is 11.9. The van der Waals surface area contributed by atoms with Crippen LogP contribution in [-0.2, 0) is 4.79 Å². The van der Waals surface area contributed by atoms with E-state index in [1.54, 1.807) is 0 Å². The van der Waals surface area contributed by atoms with Crippen LogP contribution in [0.3, 0.4) is 0 Å². The number of benzene rings is 1. The third kappa shape index (κ3) is 2.64. The van der Waals surface area contributed by atoms with Crippen molar-refractivity contribution in [3.05, 3.63) is 17.7 Å². The van der Waals surface area contributed by atoms with Gasteiger partial charge in [0, 0.05) is 11.6 Å². The van der Waals surface area contributed by atoms with Gasteiger partial charge < -0.3 is 14.4 Å². The number of anilines is 1.